The largest absolute Gasteiger partial charge is 0.512 e. The van der Waals surface area contributed by atoms with E-state index in [2.05, 4.69) is 0 Å². The molecule has 1 N–H and O–H groups in total. The van der Waals surface area contributed by atoms with Crippen molar-refractivity contribution < 1.29 is 14.3 Å². The number of ketones is 1. The maximum atomic E-state index is 11.1. The van der Waals surface area contributed by atoms with Gasteiger partial charge in [0.2, 0.25) is 0 Å². The summed E-state index contributed by atoms with van der Waals surface area (Å²) in [5, 5.41) is 9.25. The van der Waals surface area contributed by atoms with Gasteiger partial charge < -0.3 is 9.52 Å². The molecule has 13 heavy (non-hydrogen) atoms. The van der Waals surface area contributed by atoms with E-state index in [0.717, 1.165) is 5.76 Å². The second kappa shape index (κ2) is 3.09. The third-order valence-electron chi connectivity index (χ3n) is 2.18. The van der Waals surface area contributed by atoms with Gasteiger partial charge in [-0.3, -0.25) is 4.79 Å². The van der Waals surface area contributed by atoms with E-state index in [0.29, 0.717) is 12.8 Å². The third-order valence-corrected chi connectivity index (χ3v) is 2.18. The van der Waals surface area contributed by atoms with Crippen LogP contribution in [-0.2, 0) is 4.79 Å². The number of allylic oxidation sites excluding steroid dienone is 2. The second-order valence-corrected chi connectivity index (χ2v) is 3.22. The van der Waals surface area contributed by atoms with Crippen LogP contribution >= 0.6 is 0 Å². The van der Waals surface area contributed by atoms with E-state index < -0.39 is 0 Å². The zero-order valence-corrected chi connectivity index (χ0v) is 7.06. The van der Waals surface area contributed by atoms with Gasteiger partial charge in [-0.15, -0.1) is 0 Å². The maximum absolute atomic E-state index is 11.1. The Kier molecular flexibility index (Phi) is 1.93. The van der Waals surface area contributed by atoms with Gasteiger partial charge in [0.1, 0.15) is 5.76 Å². The number of hydrogen-bond donors (Lipinski definition) is 1. The van der Waals surface area contributed by atoms with Crippen molar-refractivity contribution in [2.45, 2.75) is 18.8 Å². The van der Waals surface area contributed by atoms with Gasteiger partial charge >= 0.3 is 0 Å². The van der Waals surface area contributed by atoms with Gasteiger partial charge in [0.05, 0.1) is 12.0 Å². The highest BCUT2D eigenvalue weighted by Crippen LogP contribution is 2.30. The van der Waals surface area contributed by atoms with Gasteiger partial charge in [0.15, 0.2) is 5.78 Å². The molecule has 1 aliphatic rings. The Morgan fingerprint density at radius 3 is 2.92 bits per heavy atom. The summed E-state index contributed by atoms with van der Waals surface area (Å²) in [6.45, 7) is 0. The monoisotopic (exact) mass is 178 g/mol. The van der Waals surface area contributed by atoms with Crippen molar-refractivity contribution >= 4 is 5.78 Å². The predicted molar refractivity (Wildman–Crippen MR) is 46.4 cm³/mol. The van der Waals surface area contributed by atoms with E-state index in [-0.39, 0.29) is 17.5 Å². The molecule has 3 nitrogen and oxygen atoms in total. The lowest BCUT2D eigenvalue weighted by molar-refractivity contribution is -0.115. The summed E-state index contributed by atoms with van der Waals surface area (Å²) < 4.78 is 5.18. The summed E-state index contributed by atoms with van der Waals surface area (Å²) in [6, 6.07) is 3.62. The number of aliphatic hydroxyl groups is 1. The molecule has 0 saturated carbocycles. The van der Waals surface area contributed by atoms with Crippen LogP contribution in [0.3, 0.4) is 0 Å². The average Bonchev–Trinajstić information content (AvgIpc) is 2.53. The molecule has 0 radical (unpaired) electrons. The van der Waals surface area contributed by atoms with E-state index in [9.17, 15) is 9.90 Å². The van der Waals surface area contributed by atoms with E-state index >= 15 is 0 Å². The Morgan fingerprint density at radius 2 is 2.31 bits per heavy atom. The summed E-state index contributed by atoms with van der Waals surface area (Å²) >= 11 is 0. The molecule has 2 rings (SSSR count). The molecule has 1 aromatic rings. The number of furan rings is 1. The van der Waals surface area contributed by atoms with Crippen molar-refractivity contribution in [3.8, 4) is 0 Å². The molecule has 0 bridgehead atoms. The molecule has 0 spiro atoms. The van der Waals surface area contributed by atoms with Crippen molar-refractivity contribution in [2.75, 3.05) is 0 Å². The van der Waals surface area contributed by atoms with Gasteiger partial charge in [-0.1, -0.05) is 0 Å². The van der Waals surface area contributed by atoms with Gasteiger partial charge in [-0.05, 0) is 12.1 Å². The molecule has 0 saturated heterocycles. The van der Waals surface area contributed by atoms with E-state index in [1.165, 1.54) is 6.08 Å². The smallest absolute Gasteiger partial charge is 0.159 e. The van der Waals surface area contributed by atoms with Crippen LogP contribution in [0.4, 0.5) is 0 Å². The standard InChI is InChI=1S/C10H10O3/c11-8-4-7(5-9(12)6-8)10-2-1-3-13-10/h1-3,6-7,11H,4-5H2/t7-/m0/s1. The van der Waals surface area contributed by atoms with Crippen LogP contribution in [0.5, 0.6) is 0 Å². The molecule has 0 amide bonds. The minimum atomic E-state index is -0.0369. The number of carbonyl (C=O) groups is 1. The molecule has 1 heterocycles. The lowest BCUT2D eigenvalue weighted by Crippen LogP contribution is -2.11. The van der Waals surface area contributed by atoms with Gasteiger partial charge in [-0.25, -0.2) is 0 Å². The zero-order chi connectivity index (χ0) is 9.26. The van der Waals surface area contributed by atoms with Crippen molar-refractivity contribution in [2.24, 2.45) is 0 Å². The van der Waals surface area contributed by atoms with Crippen LogP contribution in [0.2, 0.25) is 0 Å². The number of hydrogen-bond acceptors (Lipinski definition) is 3. The SMILES string of the molecule is O=C1C=C(O)C[C@H](c2ccco2)C1. The molecule has 1 aromatic heterocycles. The van der Waals surface area contributed by atoms with E-state index in [4.69, 9.17) is 4.42 Å². The summed E-state index contributed by atoms with van der Waals surface area (Å²) in [6.07, 6.45) is 3.80. The van der Waals surface area contributed by atoms with Crippen molar-refractivity contribution in [1.29, 1.82) is 0 Å². The summed E-state index contributed by atoms with van der Waals surface area (Å²) in [5.74, 6) is 0.892. The van der Waals surface area contributed by atoms with Gasteiger partial charge in [0, 0.05) is 24.8 Å². The van der Waals surface area contributed by atoms with E-state index in [1.54, 1.807) is 12.3 Å². The molecule has 68 valence electrons. The normalized spacial score (nSPS) is 22.9. The molecule has 0 aromatic carbocycles. The first-order valence-electron chi connectivity index (χ1n) is 4.21. The second-order valence-electron chi connectivity index (χ2n) is 3.22. The van der Waals surface area contributed by atoms with E-state index in [1.807, 2.05) is 6.07 Å². The highest BCUT2D eigenvalue weighted by atomic mass is 16.3. The summed E-state index contributed by atoms with van der Waals surface area (Å²) in [5.41, 5.74) is 0. The number of rotatable bonds is 1. The first kappa shape index (κ1) is 8.10. The summed E-state index contributed by atoms with van der Waals surface area (Å²) in [7, 11) is 0. The topological polar surface area (TPSA) is 50.4 Å². The van der Waals surface area contributed by atoms with Crippen molar-refractivity contribution in [3.63, 3.8) is 0 Å². The van der Waals surface area contributed by atoms with Gasteiger partial charge in [-0.2, -0.15) is 0 Å². The maximum Gasteiger partial charge on any atom is 0.159 e. The average molecular weight is 178 g/mol. The quantitative estimate of drug-likeness (QED) is 0.716. The zero-order valence-electron chi connectivity index (χ0n) is 7.06. The van der Waals surface area contributed by atoms with Crippen LogP contribution < -0.4 is 0 Å². The van der Waals surface area contributed by atoms with Crippen LogP contribution in [0.25, 0.3) is 0 Å². The Hall–Kier alpha value is -1.51. The summed E-state index contributed by atoms with van der Waals surface area (Å²) in [4.78, 5) is 11.1. The minimum absolute atomic E-state index is 0.00694. The lowest BCUT2D eigenvalue weighted by Gasteiger charge is -2.16. The molecule has 1 aliphatic carbocycles. The molecule has 0 fully saturated rings. The van der Waals surface area contributed by atoms with Crippen LogP contribution in [0.15, 0.2) is 34.6 Å². The Morgan fingerprint density at radius 1 is 1.46 bits per heavy atom. The highest BCUT2D eigenvalue weighted by molar-refractivity contribution is 5.91. The van der Waals surface area contributed by atoms with Crippen molar-refractivity contribution in [3.05, 3.63) is 36.0 Å². The van der Waals surface area contributed by atoms with Gasteiger partial charge in [0.25, 0.3) is 0 Å². The number of aliphatic hydroxyl groups excluding tert-OH is 1. The predicted octanol–water partition coefficient (Wildman–Crippen LogP) is 2.17. The van der Waals surface area contributed by atoms with Crippen LogP contribution in [0, 0.1) is 0 Å². The van der Waals surface area contributed by atoms with Crippen molar-refractivity contribution in [1.82, 2.24) is 0 Å². The minimum Gasteiger partial charge on any atom is -0.512 e. The molecule has 1 atom stereocenters. The molecule has 0 aliphatic heterocycles. The first-order chi connectivity index (χ1) is 6.25. The lowest BCUT2D eigenvalue weighted by atomic mass is 9.90. The first-order valence-corrected chi connectivity index (χ1v) is 4.21. The third kappa shape index (κ3) is 1.64. The Bertz CT molecular complexity index is 335. The fraction of sp³-hybridized carbons (Fsp3) is 0.300. The molecule has 0 unspecified atom stereocenters. The van der Waals surface area contributed by atoms with Crippen LogP contribution in [0.1, 0.15) is 24.5 Å². The Balaban J connectivity index is 2.20. The molecule has 3 heteroatoms. The fourth-order valence-corrected chi connectivity index (χ4v) is 1.60. The molecular formula is C10H10O3. The fourth-order valence-electron chi connectivity index (χ4n) is 1.60. The molecular weight excluding hydrogens is 168 g/mol. The van der Waals surface area contributed by atoms with Crippen LogP contribution in [-0.4, -0.2) is 10.9 Å². The Labute approximate surface area is 75.7 Å². The highest BCUT2D eigenvalue weighted by Gasteiger charge is 2.23. The number of carbonyl (C=O) groups excluding carboxylic acids is 1.